The molecule has 7 nitrogen and oxygen atoms in total. The predicted molar refractivity (Wildman–Crippen MR) is 71.1 cm³/mol. The molecule has 19 heavy (non-hydrogen) atoms. The first-order valence-electron chi connectivity index (χ1n) is 5.90. The third-order valence-corrected chi connectivity index (χ3v) is 2.84. The SMILES string of the molecule is Clc1cc(NCCCn2cccn2)n2ncnc2n1. The molecule has 8 heteroatoms. The molecule has 0 aliphatic carbocycles. The zero-order valence-corrected chi connectivity index (χ0v) is 10.8. The summed E-state index contributed by atoms with van der Waals surface area (Å²) in [6.45, 7) is 1.65. The van der Waals surface area contributed by atoms with E-state index in [2.05, 4.69) is 25.5 Å². The van der Waals surface area contributed by atoms with E-state index in [1.807, 2.05) is 16.9 Å². The molecule has 3 aromatic rings. The molecule has 0 saturated heterocycles. The fourth-order valence-electron chi connectivity index (χ4n) is 1.80. The largest absolute Gasteiger partial charge is 0.370 e. The number of nitrogens with zero attached hydrogens (tertiary/aromatic N) is 6. The van der Waals surface area contributed by atoms with Gasteiger partial charge in [-0.3, -0.25) is 4.68 Å². The van der Waals surface area contributed by atoms with Crippen molar-refractivity contribution in [3.63, 3.8) is 0 Å². The van der Waals surface area contributed by atoms with Crippen LogP contribution >= 0.6 is 11.6 Å². The Kier molecular flexibility index (Phi) is 3.28. The van der Waals surface area contributed by atoms with E-state index in [-0.39, 0.29) is 0 Å². The van der Waals surface area contributed by atoms with Crippen LogP contribution in [0.4, 0.5) is 5.82 Å². The molecule has 3 aromatic heterocycles. The van der Waals surface area contributed by atoms with Crippen molar-refractivity contribution in [2.75, 3.05) is 11.9 Å². The highest BCUT2D eigenvalue weighted by molar-refractivity contribution is 6.29. The maximum atomic E-state index is 5.93. The monoisotopic (exact) mass is 277 g/mol. The van der Waals surface area contributed by atoms with Crippen molar-refractivity contribution >= 4 is 23.2 Å². The number of fused-ring (bicyclic) bond motifs is 1. The van der Waals surface area contributed by atoms with Crippen LogP contribution in [-0.4, -0.2) is 35.9 Å². The first kappa shape index (κ1) is 11.9. The molecular weight excluding hydrogens is 266 g/mol. The first-order chi connectivity index (χ1) is 9.33. The number of halogens is 1. The van der Waals surface area contributed by atoms with Crippen molar-refractivity contribution in [3.05, 3.63) is 36.0 Å². The normalized spacial score (nSPS) is 11.0. The summed E-state index contributed by atoms with van der Waals surface area (Å²) in [4.78, 5) is 8.08. The summed E-state index contributed by atoms with van der Waals surface area (Å²) in [6, 6.07) is 3.65. The summed E-state index contributed by atoms with van der Waals surface area (Å²) >= 11 is 5.93. The van der Waals surface area contributed by atoms with E-state index in [1.165, 1.54) is 6.33 Å². The Hall–Kier alpha value is -2.15. The van der Waals surface area contributed by atoms with Crippen LogP contribution in [0, 0.1) is 0 Å². The van der Waals surface area contributed by atoms with Crippen LogP contribution < -0.4 is 5.32 Å². The van der Waals surface area contributed by atoms with Crippen molar-refractivity contribution in [1.29, 1.82) is 0 Å². The lowest BCUT2D eigenvalue weighted by Crippen LogP contribution is -2.10. The average molecular weight is 278 g/mol. The molecule has 0 aliphatic rings. The zero-order chi connectivity index (χ0) is 13.1. The van der Waals surface area contributed by atoms with Gasteiger partial charge in [-0.25, -0.2) is 0 Å². The summed E-state index contributed by atoms with van der Waals surface area (Å²) in [5.41, 5.74) is 0. The molecule has 0 fully saturated rings. The van der Waals surface area contributed by atoms with Crippen molar-refractivity contribution in [1.82, 2.24) is 29.4 Å². The van der Waals surface area contributed by atoms with Crippen LogP contribution in [0.1, 0.15) is 6.42 Å². The van der Waals surface area contributed by atoms with Gasteiger partial charge in [-0.15, -0.1) is 0 Å². The zero-order valence-electron chi connectivity index (χ0n) is 10.1. The average Bonchev–Trinajstić information content (AvgIpc) is 3.04. The molecule has 0 radical (unpaired) electrons. The van der Waals surface area contributed by atoms with Gasteiger partial charge in [-0.05, 0) is 12.5 Å². The van der Waals surface area contributed by atoms with Gasteiger partial charge < -0.3 is 5.32 Å². The van der Waals surface area contributed by atoms with Gasteiger partial charge in [0.25, 0.3) is 5.78 Å². The lowest BCUT2D eigenvalue weighted by atomic mass is 10.4. The minimum atomic E-state index is 0.398. The third kappa shape index (κ3) is 2.65. The highest BCUT2D eigenvalue weighted by Gasteiger charge is 2.05. The standard InChI is InChI=1S/C11H12ClN7/c12-9-7-10(19-11(17-9)14-8-16-19)13-3-1-5-18-6-2-4-15-18/h2,4,6-8,13H,1,3,5H2. The van der Waals surface area contributed by atoms with Crippen molar-refractivity contribution in [2.24, 2.45) is 0 Å². The molecule has 0 bridgehead atoms. The second kappa shape index (κ2) is 5.23. The molecule has 3 rings (SSSR count). The van der Waals surface area contributed by atoms with Gasteiger partial charge in [0.2, 0.25) is 0 Å². The summed E-state index contributed by atoms with van der Waals surface area (Å²) in [7, 11) is 0. The van der Waals surface area contributed by atoms with E-state index in [9.17, 15) is 0 Å². The summed E-state index contributed by atoms with van der Waals surface area (Å²) < 4.78 is 3.52. The molecular formula is C11H12ClN7. The lowest BCUT2D eigenvalue weighted by Gasteiger charge is -2.08. The maximum absolute atomic E-state index is 5.93. The molecule has 1 N–H and O–H groups in total. The predicted octanol–water partition coefficient (Wildman–Crippen LogP) is 1.48. The summed E-state index contributed by atoms with van der Waals surface area (Å²) in [5.74, 6) is 1.27. The lowest BCUT2D eigenvalue weighted by molar-refractivity contribution is 0.591. The quantitative estimate of drug-likeness (QED) is 0.565. The van der Waals surface area contributed by atoms with Crippen molar-refractivity contribution in [3.8, 4) is 0 Å². The van der Waals surface area contributed by atoms with Crippen LogP contribution in [-0.2, 0) is 6.54 Å². The van der Waals surface area contributed by atoms with Gasteiger partial charge in [0.1, 0.15) is 17.3 Å². The molecule has 0 aliphatic heterocycles. The number of hydrogen-bond acceptors (Lipinski definition) is 5. The number of rotatable bonds is 5. The van der Waals surface area contributed by atoms with Gasteiger partial charge in [0.15, 0.2) is 0 Å². The van der Waals surface area contributed by atoms with Crippen LogP contribution in [0.15, 0.2) is 30.9 Å². The van der Waals surface area contributed by atoms with Gasteiger partial charge in [0, 0.05) is 31.5 Å². The summed E-state index contributed by atoms with van der Waals surface area (Å²) in [6.07, 6.45) is 6.11. The van der Waals surface area contributed by atoms with Gasteiger partial charge in [-0.2, -0.15) is 24.7 Å². The van der Waals surface area contributed by atoms with E-state index < -0.39 is 0 Å². The van der Waals surface area contributed by atoms with Crippen LogP contribution in [0.3, 0.4) is 0 Å². The highest BCUT2D eigenvalue weighted by Crippen LogP contribution is 2.14. The van der Waals surface area contributed by atoms with E-state index >= 15 is 0 Å². The van der Waals surface area contributed by atoms with Gasteiger partial charge in [-0.1, -0.05) is 11.6 Å². The maximum Gasteiger partial charge on any atom is 0.255 e. The van der Waals surface area contributed by atoms with Crippen molar-refractivity contribution in [2.45, 2.75) is 13.0 Å². The Morgan fingerprint density at radius 1 is 1.32 bits per heavy atom. The smallest absolute Gasteiger partial charge is 0.255 e. The molecule has 0 atom stereocenters. The number of anilines is 1. The fourth-order valence-corrected chi connectivity index (χ4v) is 1.98. The number of aromatic nitrogens is 6. The Balaban J connectivity index is 1.63. The second-order valence-electron chi connectivity index (χ2n) is 3.99. The molecule has 0 unspecified atom stereocenters. The Labute approximate surface area is 114 Å². The van der Waals surface area contributed by atoms with Crippen LogP contribution in [0.5, 0.6) is 0 Å². The van der Waals surface area contributed by atoms with E-state index in [0.717, 1.165) is 25.3 Å². The molecule has 0 saturated carbocycles. The third-order valence-electron chi connectivity index (χ3n) is 2.65. The molecule has 0 aromatic carbocycles. The van der Waals surface area contributed by atoms with E-state index in [4.69, 9.17) is 11.6 Å². The van der Waals surface area contributed by atoms with Crippen LogP contribution in [0.2, 0.25) is 5.15 Å². The molecule has 0 spiro atoms. The number of nitrogens with one attached hydrogen (secondary N) is 1. The summed E-state index contributed by atoms with van der Waals surface area (Å²) in [5, 5.41) is 11.9. The Bertz CT molecular complexity index is 661. The Morgan fingerprint density at radius 3 is 3.11 bits per heavy atom. The van der Waals surface area contributed by atoms with Gasteiger partial charge >= 0.3 is 0 Å². The van der Waals surface area contributed by atoms with Gasteiger partial charge in [0.05, 0.1) is 0 Å². The number of aryl methyl sites for hydroxylation is 1. The molecule has 3 heterocycles. The first-order valence-corrected chi connectivity index (χ1v) is 6.28. The topological polar surface area (TPSA) is 72.9 Å². The Morgan fingerprint density at radius 2 is 2.26 bits per heavy atom. The molecule has 0 amide bonds. The van der Waals surface area contributed by atoms with E-state index in [0.29, 0.717) is 10.9 Å². The fraction of sp³-hybridized carbons (Fsp3) is 0.273. The minimum absolute atomic E-state index is 0.398. The highest BCUT2D eigenvalue weighted by atomic mass is 35.5. The second-order valence-corrected chi connectivity index (χ2v) is 4.37. The minimum Gasteiger partial charge on any atom is -0.370 e. The van der Waals surface area contributed by atoms with Crippen molar-refractivity contribution < 1.29 is 0 Å². The van der Waals surface area contributed by atoms with E-state index in [1.54, 1.807) is 16.8 Å². The molecule has 98 valence electrons. The number of hydrogen-bond donors (Lipinski definition) is 1. The van der Waals surface area contributed by atoms with Crippen LogP contribution in [0.25, 0.3) is 5.78 Å².